The molecule has 8 heteroatoms. The Morgan fingerprint density at radius 3 is 2.75 bits per heavy atom. The maximum absolute atomic E-state index is 13.4. The molecule has 2 saturated heterocycles. The number of ether oxygens (including phenoxy) is 1. The number of nitrogens with zero attached hydrogens (tertiary/aromatic N) is 3. The highest BCUT2D eigenvalue weighted by Gasteiger charge is 2.26. The Morgan fingerprint density at radius 2 is 1.94 bits per heavy atom. The van der Waals surface area contributed by atoms with E-state index in [9.17, 15) is 14.3 Å². The van der Waals surface area contributed by atoms with E-state index >= 15 is 0 Å². The van der Waals surface area contributed by atoms with Crippen LogP contribution < -0.4 is 4.74 Å². The van der Waals surface area contributed by atoms with Crippen molar-refractivity contribution >= 4 is 23.0 Å². The Balaban J connectivity index is 1.10. The SMILES string of the molecule is O=C(C=Cc1ccccc1OCC(O)CN1CCC(c2noc3cc(F)ccc23)CC1)N1CCCC1. The van der Waals surface area contributed by atoms with Gasteiger partial charge in [-0.15, -0.1) is 0 Å². The molecular formula is C28H32FN3O4. The zero-order valence-electron chi connectivity index (χ0n) is 20.3. The Bertz CT molecular complexity index is 1210. The van der Waals surface area contributed by atoms with Crippen molar-refractivity contribution in [3.63, 3.8) is 0 Å². The fourth-order valence-electron chi connectivity index (χ4n) is 5.10. The molecule has 190 valence electrons. The molecule has 3 heterocycles. The molecule has 0 saturated carbocycles. The summed E-state index contributed by atoms with van der Waals surface area (Å²) < 4.78 is 24.7. The summed E-state index contributed by atoms with van der Waals surface area (Å²) in [5.41, 5.74) is 2.19. The van der Waals surface area contributed by atoms with Crippen LogP contribution in [0.15, 0.2) is 53.1 Å². The number of benzene rings is 2. The van der Waals surface area contributed by atoms with Gasteiger partial charge < -0.3 is 24.2 Å². The predicted molar refractivity (Wildman–Crippen MR) is 135 cm³/mol. The molecule has 1 N–H and O–H groups in total. The average Bonchev–Trinajstić information content (AvgIpc) is 3.57. The third-order valence-corrected chi connectivity index (χ3v) is 7.08. The van der Waals surface area contributed by atoms with Gasteiger partial charge in [-0.3, -0.25) is 4.79 Å². The normalized spacial score (nSPS) is 18.3. The van der Waals surface area contributed by atoms with Crippen molar-refractivity contribution in [1.29, 1.82) is 0 Å². The second kappa shape index (κ2) is 11.2. The lowest BCUT2D eigenvalue weighted by Crippen LogP contribution is -2.40. The number of piperidine rings is 1. The fraction of sp³-hybridized carbons (Fsp3) is 0.429. The summed E-state index contributed by atoms with van der Waals surface area (Å²) in [7, 11) is 0. The lowest BCUT2D eigenvalue weighted by Gasteiger charge is -2.32. The highest BCUT2D eigenvalue weighted by atomic mass is 19.1. The monoisotopic (exact) mass is 493 g/mol. The summed E-state index contributed by atoms with van der Waals surface area (Å²) in [5, 5.41) is 15.7. The number of fused-ring (bicyclic) bond motifs is 1. The van der Waals surface area contributed by atoms with Gasteiger partial charge in [0.15, 0.2) is 5.58 Å². The number of aromatic nitrogens is 1. The van der Waals surface area contributed by atoms with Crippen LogP contribution in [0.4, 0.5) is 4.39 Å². The quantitative estimate of drug-likeness (QED) is 0.474. The molecule has 1 unspecified atom stereocenters. The van der Waals surface area contributed by atoms with Crippen molar-refractivity contribution in [2.45, 2.75) is 37.7 Å². The Labute approximate surface area is 210 Å². The molecule has 2 aromatic carbocycles. The number of aliphatic hydroxyl groups excluding tert-OH is 1. The first kappa shape index (κ1) is 24.5. The maximum Gasteiger partial charge on any atom is 0.246 e. The van der Waals surface area contributed by atoms with Gasteiger partial charge in [-0.05, 0) is 63.0 Å². The zero-order chi connectivity index (χ0) is 24.9. The third kappa shape index (κ3) is 5.77. The summed E-state index contributed by atoms with van der Waals surface area (Å²) in [4.78, 5) is 16.4. The van der Waals surface area contributed by atoms with Gasteiger partial charge in [0.2, 0.25) is 5.91 Å². The highest BCUT2D eigenvalue weighted by Crippen LogP contribution is 2.32. The van der Waals surface area contributed by atoms with Crippen molar-refractivity contribution in [2.75, 3.05) is 39.3 Å². The van der Waals surface area contributed by atoms with Crippen LogP contribution in [0.1, 0.15) is 42.9 Å². The second-order valence-corrected chi connectivity index (χ2v) is 9.65. The molecule has 0 spiro atoms. The molecular weight excluding hydrogens is 461 g/mol. The molecule has 36 heavy (non-hydrogen) atoms. The van der Waals surface area contributed by atoms with Gasteiger partial charge in [-0.2, -0.15) is 0 Å². The van der Waals surface area contributed by atoms with E-state index in [0.29, 0.717) is 17.9 Å². The van der Waals surface area contributed by atoms with Gasteiger partial charge in [0.1, 0.15) is 24.3 Å². The maximum atomic E-state index is 13.4. The van der Waals surface area contributed by atoms with Crippen LogP contribution in [0, 0.1) is 5.82 Å². The van der Waals surface area contributed by atoms with Gasteiger partial charge in [0, 0.05) is 48.6 Å². The molecule has 0 radical (unpaired) electrons. The second-order valence-electron chi connectivity index (χ2n) is 9.65. The van der Waals surface area contributed by atoms with Crippen molar-refractivity contribution in [2.24, 2.45) is 0 Å². The van der Waals surface area contributed by atoms with Crippen LogP contribution in [0.25, 0.3) is 17.0 Å². The number of β-amino-alcohol motifs (C(OH)–C–C–N with tert-alkyl or cyclic N) is 1. The summed E-state index contributed by atoms with van der Waals surface area (Å²) in [6, 6.07) is 12.1. The molecule has 1 atom stereocenters. The number of likely N-dealkylation sites (tertiary alicyclic amines) is 2. The first-order valence-electron chi connectivity index (χ1n) is 12.7. The van der Waals surface area contributed by atoms with Crippen LogP contribution in [-0.4, -0.2) is 71.4 Å². The van der Waals surface area contributed by atoms with Crippen LogP contribution in [-0.2, 0) is 4.79 Å². The van der Waals surface area contributed by atoms with E-state index in [-0.39, 0.29) is 24.2 Å². The van der Waals surface area contributed by atoms with Crippen molar-refractivity contribution < 1.29 is 23.6 Å². The van der Waals surface area contributed by atoms with E-state index in [1.165, 1.54) is 12.1 Å². The van der Waals surface area contributed by atoms with Gasteiger partial charge >= 0.3 is 0 Å². The van der Waals surface area contributed by atoms with E-state index in [1.807, 2.05) is 29.2 Å². The van der Waals surface area contributed by atoms with Crippen molar-refractivity contribution in [3.05, 3.63) is 65.6 Å². The van der Waals surface area contributed by atoms with Crippen LogP contribution in [0.5, 0.6) is 5.75 Å². The number of hydrogen-bond acceptors (Lipinski definition) is 6. The Kier molecular flexibility index (Phi) is 7.63. The molecule has 5 rings (SSSR count). The van der Waals surface area contributed by atoms with Crippen molar-refractivity contribution in [1.82, 2.24) is 15.0 Å². The molecule has 2 fully saturated rings. The Hall–Kier alpha value is -3.23. The van der Waals surface area contributed by atoms with E-state index in [2.05, 4.69) is 10.1 Å². The first-order chi connectivity index (χ1) is 17.6. The summed E-state index contributed by atoms with van der Waals surface area (Å²) in [5.74, 6) is 0.598. The number of carbonyl (C=O) groups is 1. The summed E-state index contributed by atoms with van der Waals surface area (Å²) >= 11 is 0. The van der Waals surface area contributed by atoms with Crippen molar-refractivity contribution in [3.8, 4) is 5.75 Å². The molecule has 2 aliphatic heterocycles. The summed E-state index contributed by atoms with van der Waals surface area (Å²) in [6.07, 6.45) is 6.66. The number of hydrogen-bond donors (Lipinski definition) is 1. The van der Waals surface area contributed by atoms with E-state index in [1.54, 1.807) is 18.2 Å². The lowest BCUT2D eigenvalue weighted by atomic mass is 9.91. The molecule has 0 aliphatic carbocycles. The number of rotatable bonds is 8. The zero-order valence-corrected chi connectivity index (χ0v) is 20.3. The lowest BCUT2D eigenvalue weighted by molar-refractivity contribution is -0.124. The first-order valence-corrected chi connectivity index (χ1v) is 12.7. The number of halogens is 1. The van der Waals surface area contributed by atoms with E-state index in [4.69, 9.17) is 9.26 Å². The fourth-order valence-corrected chi connectivity index (χ4v) is 5.10. The number of aliphatic hydroxyl groups is 1. The average molecular weight is 494 g/mol. The molecule has 3 aromatic rings. The van der Waals surface area contributed by atoms with Gasteiger partial charge in [-0.25, -0.2) is 4.39 Å². The van der Waals surface area contributed by atoms with E-state index < -0.39 is 6.10 Å². The van der Waals surface area contributed by atoms with Crippen LogP contribution >= 0.6 is 0 Å². The minimum Gasteiger partial charge on any atom is -0.490 e. The van der Waals surface area contributed by atoms with Crippen LogP contribution in [0.2, 0.25) is 0 Å². The van der Waals surface area contributed by atoms with Crippen LogP contribution in [0.3, 0.4) is 0 Å². The minimum absolute atomic E-state index is 0.0246. The highest BCUT2D eigenvalue weighted by molar-refractivity contribution is 5.92. The third-order valence-electron chi connectivity index (χ3n) is 7.08. The predicted octanol–water partition coefficient (Wildman–Crippen LogP) is 4.22. The Morgan fingerprint density at radius 1 is 1.17 bits per heavy atom. The number of carbonyl (C=O) groups excluding carboxylic acids is 1. The number of para-hydroxylation sites is 1. The summed E-state index contributed by atoms with van der Waals surface area (Å²) in [6.45, 7) is 3.98. The van der Waals surface area contributed by atoms with Gasteiger partial charge in [0.25, 0.3) is 0 Å². The topological polar surface area (TPSA) is 79.0 Å². The number of amides is 1. The van der Waals surface area contributed by atoms with Gasteiger partial charge in [-0.1, -0.05) is 23.4 Å². The van der Waals surface area contributed by atoms with Gasteiger partial charge in [0.05, 0.1) is 5.69 Å². The molecule has 7 nitrogen and oxygen atoms in total. The standard InChI is InChI=1S/C28H32FN3O4/c29-22-8-9-24-26(17-22)36-30-28(24)21-11-15-31(16-12-21)18-23(33)19-35-25-6-2-1-5-20(25)7-10-27(34)32-13-3-4-14-32/h1-2,5-10,17,21,23,33H,3-4,11-16,18-19H2. The molecule has 1 amide bonds. The molecule has 2 aliphatic rings. The largest absolute Gasteiger partial charge is 0.490 e. The molecule has 0 bridgehead atoms. The smallest absolute Gasteiger partial charge is 0.246 e. The molecule has 1 aromatic heterocycles. The minimum atomic E-state index is -0.638. The van der Waals surface area contributed by atoms with E-state index in [0.717, 1.165) is 68.5 Å².